The second-order valence-corrected chi connectivity index (χ2v) is 11.1. The molecule has 13 heteroatoms. The summed E-state index contributed by atoms with van der Waals surface area (Å²) in [5.41, 5.74) is 2.50. The van der Waals surface area contributed by atoms with Gasteiger partial charge in [-0.25, -0.2) is 23.1 Å². The SMILES string of the molecule is COc1cc(C(=O)NC[C@@](O)(c2ccccc2)c2cc3c(c(-c4cc(F)c(F)cc4F)n2)OC[C@]3(C)C(N)=O)cc2oc(C)nc12. The van der Waals surface area contributed by atoms with Crippen LogP contribution >= 0.6 is 0 Å². The average Bonchev–Trinajstić information content (AvgIpc) is 3.60. The van der Waals surface area contributed by atoms with Crippen molar-refractivity contribution in [2.45, 2.75) is 24.9 Å². The van der Waals surface area contributed by atoms with Gasteiger partial charge in [-0.2, -0.15) is 0 Å². The second-order valence-electron chi connectivity index (χ2n) is 11.1. The number of fused-ring (bicyclic) bond motifs is 2. The number of aryl methyl sites for hydroxylation is 1. The van der Waals surface area contributed by atoms with Crippen molar-refractivity contribution in [1.82, 2.24) is 15.3 Å². The van der Waals surface area contributed by atoms with E-state index in [9.17, 15) is 23.5 Å². The summed E-state index contributed by atoms with van der Waals surface area (Å²) in [6.07, 6.45) is 0. The van der Waals surface area contributed by atoms with Crippen LogP contribution in [0.25, 0.3) is 22.4 Å². The number of hydrogen-bond acceptors (Lipinski definition) is 8. The summed E-state index contributed by atoms with van der Waals surface area (Å²) < 4.78 is 60.2. The molecule has 0 fully saturated rings. The van der Waals surface area contributed by atoms with Gasteiger partial charge in [-0.1, -0.05) is 30.3 Å². The third kappa shape index (κ3) is 4.98. The molecule has 1 aliphatic rings. The molecule has 0 saturated carbocycles. The highest BCUT2D eigenvalue weighted by Crippen LogP contribution is 2.47. The van der Waals surface area contributed by atoms with E-state index in [0.29, 0.717) is 34.9 Å². The number of benzene rings is 3. The van der Waals surface area contributed by atoms with Crippen LogP contribution in [0.15, 0.2) is 65.1 Å². The van der Waals surface area contributed by atoms with Crippen LogP contribution in [-0.2, 0) is 15.8 Å². The van der Waals surface area contributed by atoms with Crippen LogP contribution in [0, 0.1) is 24.4 Å². The fourth-order valence-corrected chi connectivity index (χ4v) is 5.45. The van der Waals surface area contributed by atoms with Gasteiger partial charge in [0.2, 0.25) is 5.91 Å². The number of aromatic nitrogens is 2. The lowest BCUT2D eigenvalue weighted by Crippen LogP contribution is -2.43. The molecule has 0 saturated heterocycles. The fourth-order valence-electron chi connectivity index (χ4n) is 5.45. The molecule has 0 unspecified atom stereocenters. The largest absolute Gasteiger partial charge is 0.494 e. The minimum Gasteiger partial charge on any atom is -0.494 e. The Morgan fingerprint density at radius 1 is 1.07 bits per heavy atom. The van der Waals surface area contributed by atoms with E-state index in [1.807, 2.05) is 0 Å². The number of oxazole rings is 1. The number of amides is 2. The molecule has 46 heavy (non-hydrogen) atoms. The van der Waals surface area contributed by atoms with Crippen LogP contribution in [0.2, 0.25) is 0 Å². The number of ether oxygens (including phenoxy) is 2. The minimum atomic E-state index is -2.12. The summed E-state index contributed by atoms with van der Waals surface area (Å²) in [4.78, 5) is 34.9. The molecule has 3 aromatic carbocycles. The molecule has 5 aromatic rings. The average molecular weight is 633 g/mol. The number of nitrogens with zero attached hydrogens (tertiary/aromatic N) is 2. The second kappa shape index (κ2) is 11.2. The molecule has 6 rings (SSSR count). The van der Waals surface area contributed by atoms with E-state index < -0.39 is 52.4 Å². The van der Waals surface area contributed by atoms with E-state index in [-0.39, 0.29) is 40.4 Å². The predicted molar refractivity (Wildman–Crippen MR) is 159 cm³/mol. The van der Waals surface area contributed by atoms with E-state index in [1.54, 1.807) is 37.3 Å². The molecule has 2 amide bonds. The topological polar surface area (TPSA) is 150 Å². The third-order valence-electron chi connectivity index (χ3n) is 8.11. The molecule has 236 valence electrons. The smallest absolute Gasteiger partial charge is 0.251 e. The highest BCUT2D eigenvalue weighted by Gasteiger charge is 2.46. The van der Waals surface area contributed by atoms with Crippen molar-refractivity contribution in [3.05, 3.63) is 106 Å². The Labute approximate surface area is 260 Å². The standard InChI is InChI=1S/C33H27F3N4O6/c1-16-39-28-24(44-3)9-17(10-25(28)46-16)30(41)38-14-33(43,18-7-5-4-6-8-18)26-12-20-29(45-15-32(20,2)31(37)42)27(40-26)19-11-22(35)23(36)13-21(19)34/h4-13,43H,14-15H2,1-3H3,(H2,37,42)(H,38,41)/t32-,33+/m0/s1. The summed E-state index contributed by atoms with van der Waals surface area (Å²) in [6, 6.07) is 13.4. The summed E-state index contributed by atoms with van der Waals surface area (Å²) in [6.45, 7) is 2.41. The first kappa shape index (κ1) is 30.6. The first-order valence-corrected chi connectivity index (χ1v) is 14.0. The Bertz CT molecular complexity index is 2040. The third-order valence-corrected chi connectivity index (χ3v) is 8.11. The number of pyridine rings is 1. The first-order valence-electron chi connectivity index (χ1n) is 14.0. The zero-order valence-electron chi connectivity index (χ0n) is 24.8. The Hall–Kier alpha value is -5.43. The number of hydrogen-bond donors (Lipinski definition) is 3. The molecule has 0 radical (unpaired) electrons. The van der Waals surface area contributed by atoms with Crippen LogP contribution < -0.4 is 20.5 Å². The van der Waals surface area contributed by atoms with Crippen LogP contribution in [0.5, 0.6) is 11.5 Å². The number of nitrogens with two attached hydrogens (primary N) is 1. The predicted octanol–water partition coefficient (Wildman–Crippen LogP) is 4.43. The van der Waals surface area contributed by atoms with E-state index in [2.05, 4.69) is 15.3 Å². The molecule has 2 aromatic heterocycles. The number of nitrogens with one attached hydrogen (secondary N) is 1. The number of carbonyl (C=O) groups excluding carboxylic acids is 2. The summed E-state index contributed by atoms with van der Waals surface area (Å²) in [7, 11) is 1.42. The van der Waals surface area contributed by atoms with Gasteiger partial charge < -0.3 is 30.0 Å². The number of halogens is 3. The van der Waals surface area contributed by atoms with Crippen LogP contribution in [0.4, 0.5) is 13.2 Å². The molecular formula is C33H27F3N4O6. The normalized spacial score (nSPS) is 16.8. The molecule has 3 heterocycles. The van der Waals surface area contributed by atoms with E-state index in [0.717, 1.165) is 0 Å². The number of primary amides is 1. The molecule has 0 aliphatic carbocycles. The number of methoxy groups -OCH3 is 1. The van der Waals surface area contributed by atoms with E-state index in [1.165, 1.54) is 32.2 Å². The quantitative estimate of drug-likeness (QED) is 0.213. The Kier molecular flexibility index (Phi) is 7.43. The maximum Gasteiger partial charge on any atom is 0.251 e. The number of aliphatic hydroxyl groups is 1. The lowest BCUT2D eigenvalue weighted by atomic mass is 9.80. The molecule has 1 aliphatic heterocycles. The first-order chi connectivity index (χ1) is 21.9. The molecule has 2 atom stereocenters. The molecular weight excluding hydrogens is 605 g/mol. The number of carbonyl (C=O) groups is 2. The van der Waals surface area contributed by atoms with Gasteiger partial charge in [-0.05, 0) is 36.8 Å². The van der Waals surface area contributed by atoms with Crippen molar-refractivity contribution >= 4 is 22.9 Å². The molecule has 0 bridgehead atoms. The van der Waals surface area contributed by atoms with Gasteiger partial charge in [-0.3, -0.25) is 9.59 Å². The Morgan fingerprint density at radius 3 is 2.48 bits per heavy atom. The zero-order valence-corrected chi connectivity index (χ0v) is 24.8. The highest BCUT2D eigenvalue weighted by molar-refractivity contribution is 5.99. The summed E-state index contributed by atoms with van der Waals surface area (Å²) >= 11 is 0. The van der Waals surface area contributed by atoms with E-state index >= 15 is 4.39 Å². The number of rotatable bonds is 8. The maximum atomic E-state index is 15.2. The van der Waals surface area contributed by atoms with Crippen molar-refractivity contribution in [3.63, 3.8) is 0 Å². The van der Waals surface area contributed by atoms with Crippen molar-refractivity contribution in [1.29, 1.82) is 0 Å². The fraction of sp³-hybridized carbons (Fsp3) is 0.212. The van der Waals surface area contributed by atoms with Crippen molar-refractivity contribution in [2.75, 3.05) is 20.3 Å². The van der Waals surface area contributed by atoms with Gasteiger partial charge in [0.1, 0.15) is 40.6 Å². The van der Waals surface area contributed by atoms with Gasteiger partial charge in [0.05, 0.1) is 19.3 Å². The van der Waals surface area contributed by atoms with E-state index in [4.69, 9.17) is 19.6 Å². The van der Waals surface area contributed by atoms with Crippen LogP contribution in [-0.4, -0.2) is 47.2 Å². The lowest BCUT2D eigenvalue weighted by molar-refractivity contribution is -0.123. The Balaban J connectivity index is 1.50. The van der Waals surface area contributed by atoms with Gasteiger partial charge in [-0.15, -0.1) is 0 Å². The van der Waals surface area contributed by atoms with Gasteiger partial charge in [0.25, 0.3) is 5.91 Å². The van der Waals surface area contributed by atoms with Crippen LogP contribution in [0.1, 0.15) is 40.0 Å². The minimum absolute atomic E-state index is 0.0860. The molecule has 4 N–H and O–H groups in total. The highest BCUT2D eigenvalue weighted by atomic mass is 19.2. The Morgan fingerprint density at radius 2 is 1.78 bits per heavy atom. The zero-order chi connectivity index (χ0) is 33.0. The molecule has 0 spiro atoms. The maximum absolute atomic E-state index is 15.2. The lowest BCUT2D eigenvalue weighted by Gasteiger charge is -2.30. The summed E-state index contributed by atoms with van der Waals surface area (Å²) in [5.74, 6) is -4.77. The van der Waals surface area contributed by atoms with Crippen LogP contribution in [0.3, 0.4) is 0 Å². The molecule has 10 nitrogen and oxygen atoms in total. The van der Waals surface area contributed by atoms with Crippen molar-refractivity contribution in [2.24, 2.45) is 5.73 Å². The van der Waals surface area contributed by atoms with Crippen molar-refractivity contribution < 1.29 is 41.8 Å². The monoisotopic (exact) mass is 632 g/mol. The van der Waals surface area contributed by atoms with Crippen molar-refractivity contribution in [3.8, 4) is 22.8 Å². The van der Waals surface area contributed by atoms with Gasteiger partial charge in [0, 0.05) is 29.7 Å². The summed E-state index contributed by atoms with van der Waals surface area (Å²) in [5, 5.41) is 15.1. The van der Waals surface area contributed by atoms with Gasteiger partial charge >= 0.3 is 0 Å². The van der Waals surface area contributed by atoms with Gasteiger partial charge in [0.15, 0.2) is 28.6 Å².